The average molecular weight is 439 g/mol. The van der Waals surface area contributed by atoms with E-state index in [0.29, 0.717) is 41.6 Å². The summed E-state index contributed by atoms with van der Waals surface area (Å²) in [6.45, 7) is 0.458. The number of rotatable bonds is 6. The molecule has 0 radical (unpaired) electrons. The van der Waals surface area contributed by atoms with Gasteiger partial charge in [0.15, 0.2) is 11.5 Å². The fraction of sp³-hybridized carbons (Fsp3) is 0.350. The van der Waals surface area contributed by atoms with Gasteiger partial charge in [-0.05, 0) is 37.1 Å². The Morgan fingerprint density at radius 1 is 1.14 bits per heavy atom. The van der Waals surface area contributed by atoms with Crippen LogP contribution in [0.15, 0.2) is 47.4 Å². The van der Waals surface area contributed by atoms with Crippen LogP contribution in [0.1, 0.15) is 12.8 Å². The third-order valence-electron chi connectivity index (χ3n) is 4.88. The molecule has 9 heteroatoms. The molecule has 0 bridgehead atoms. The summed E-state index contributed by atoms with van der Waals surface area (Å²) in [5.41, 5.74) is 0.513. The van der Waals surface area contributed by atoms with E-state index in [4.69, 9.17) is 21.1 Å². The fourth-order valence-electron chi connectivity index (χ4n) is 3.30. The molecule has 1 aliphatic heterocycles. The number of hydrogen-bond donors (Lipinski definition) is 1. The molecule has 0 saturated carbocycles. The molecular formula is C20H23ClN2O5S. The number of halogens is 1. The lowest BCUT2D eigenvalue weighted by Crippen LogP contribution is -2.43. The van der Waals surface area contributed by atoms with Crippen LogP contribution in [0.3, 0.4) is 0 Å². The largest absolute Gasteiger partial charge is 0.493 e. The zero-order chi connectivity index (χ0) is 21.0. The van der Waals surface area contributed by atoms with Gasteiger partial charge in [0.1, 0.15) is 0 Å². The molecule has 3 rings (SSSR count). The van der Waals surface area contributed by atoms with E-state index < -0.39 is 15.9 Å². The minimum Gasteiger partial charge on any atom is -0.493 e. The Kier molecular flexibility index (Phi) is 6.66. The first-order valence-electron chi connectivity index (χ1n) is 9.14. The Morgan fingerprint density at radius 2 is 1.86 bits per heavy atom. The summed E-state index contributed by atoms with van der Waals surface area (Å²) < 4.78 is 37.9. The van der Waals surface area contributed by atoms with Gasteiger partial charge in [-0.15, -0.1) is 0 Å². The van der Waals surface area contributed by atoms with Gasteiger partial charge in [-0.2, -0.15) is 4.31 Å². The highest BCUT2D eigenvalue weighted by atomic mass is 35.5. The fourth-order valence-corrected chi connectivity index (χ4v) is 5.02. The summed E-state index contributed by atoms with van der Waals surface area (Å²) in [5.74, 6) is 0.0703. The number of hydrogen-bond acceptors (Lipinski definition) is 5. The summed E-state index contributed by atoms with van der Waals surface area (Å²) in [7, 11) is -0.842. The van der Waals surface area contributed by atoms with E-state index in [2.05, 4.69) is 5.32 Å². The van der Waals surface area contributed by atoms with Crippen LogP contribution in [0.5, 0.6) is 11.5 Å². The number of benzene rings is 2. The SMILES string of the molecule is COc1ccc(S(=O)(=O)N2CCC[C@H](C(=O)Nc3ccccc3Cl)C2)cc1OC. The van der Waals surface area contributed by atoms with Crippen molar-refractivity contribution in [1.82, 2.24) is 4.31 Å². The quantitative estimate of drug-likeness (QED) is 0.747. The monoisotopic (exact) mass is 438 g/mol. The van der Waals surface area contributed by atoms with Gasteiger partial charge in [-0.25, -0.2) is 8.42 Å². The third-order valence-corrected chi connectivity index (χ3v) is 7.07. The number of carbonyl (C=O) groups is 1. The van der Waals surface area contributed by atoms with E-state index in [-0.39, 0.29) is 17.3 Å². The van der Waals surface area contributed by atoms with Crippen LogP contribution in [-0.2, 0) is 14.8 Å². The highest BCUT2D eigenvalue weighted by Gasteiger charge is 2.34. The van der Waals surface area contributed by atoms with E-state index in [0.717, 1.165) is 0 Å². The lowest BCUT2D eigenvalue weighted by molar-refractivity contribution is -0.120. The van der Waals surface area contributed by atoms with Crippen molar-refractivity contribution >= 4 is 33.2 Å². The lowest BCUT2D eigenvalue weighted by atomic mass is 9.99. The molecule has 2 aromatic carbocycles. The molecule has 0 spiro atoms. The van der Waals surface area contributed by atoms with Crippen LogP contribution >= 0.6 is 11.6 Å². The highest BCUT2D eigenvalue weighted by Crippen LogP contribution is 2.32. The van der Waals surface area contributed by atoms with Crippen LogP contribution in [-0.4, -0.2) is 45.9 Å². The molecule has 1 atom stereocenters. The predicted octanol–water partition coefficient (Wildman–Crippen LogP) is 3.40. The van der Waals surface area contributed by atoms with Crippen LogP contribution in [0, 0.1) is 5.92 Å². The van der Waals surface area contributed by atoms with Gasteiger partial charge in [0, 0.05) is 19.2 Å². The first-order valence-corrected chi connectivity index (χ1v) is 11.0. The molecule has 0 aliphatic carbocycles. The number of ether oxygens (including phenoxy) is 2. The normalized spacial score (nSPS) is 17.6. The summed E-state index contributed by atoms with van der Waals surface area (Å²) in [4.78, 5) is 12.8. The number of piperidine rings is 1. The van der Waals surface area contributed by atoms with Crippen molar-refractivity contribution in [1.29, 1.82) is 0 Å². The van der Waals surface area contributed by atoms with Crippen molar-refractivity contribution in [3.05, 3.63) is 47.5 Å². The van der Waals surface area contributed by atoms with Gasteiger partial charge in [0.2, 0.25) is 15.9 Å². The van der Waals surface area contributed by atoms with Crippen molar-refractivity contribution in [2.75, 3.05) is 32.6 Å². The molecule has 1 heterocycles. The predicted molar refractivity (Wildman–Crippen MR) is 111 cm³/mol. The molecule has 2 aromatic rings. The molecule has 1 fully saturated rings. The van der Waals surface area contributed by atoms with E-state index >= 15 is 0 Å². The molecule has 0 unspecified atom stereocenters. The zero-order valence-corrected chi connectivity index (χ0v) is 17.8. The maximum Gasteiger partial charge on any atom is 0.243 e. The molecule has 156 valence electrons. The number of amides is 1. The molecule has 1 N–H and O–H groups in total. The average Bonchev–Trinajstić information content (AvgIpc) is 2.74. The van der Waals surface area contributed by atoms with Gasteiger partial charge >= 0.3 is 0 Å². The topological polar surface area (TPSA) is 84.9 Å². The summed E-state index contributed by atoms with van der Waals surface area (Å²) >= 11 is 6.10. The third kappa shape index (κ3) is 4.66. The molecular weight excluding hydrogens is 416 g/mol. The Morgan fingerprint density at radius 3 is 2.55 bits per heavy atom. The number of methoxy groups -OCH3 is 2. The zero-order valence-electron chi connectivity index (χ0n) is 16.2. The Bertz CT molecular complexity index is 996. The summed E-state index contributed by atoms with van der Waals surface area (Å²) in [6.07, 6.45) is 1.20. The van der Waals surface area contributed by atoms with Gasteiger partial charge < -0.3 is 14.8 Å². The summed E-state index contributed by atoms with van der Waals surface area (Å²) in [6, 6.07) is 11.4. The number of anilines is 1. The van der Waals surface area contributed by atoms with Crippen molar-refractivity contribution in [3.63, 3.8) is 0 Å². The summed E-state index contributed by atoms with van der Waals surface area (Å²) in [5, 5.41) is 3.23. The first-order chi connectivity index (χ1) is 13.9. The van der Waals surface area contributed by atoms with E-state index in [9.17, 15) is 13.2 Å². The van der Waals surface area contributed by atoms with E-state index in [1.807, 2.05) is 0 Å². The van der Waals surface area contributed by atoms with Gasteiger partial charge in [0.05, 0.1) is 35.7 Å². The second-order valence-electron chi connectivity index (χ2n) is 6.69. The Labute approximate surface area is 175 Å². The van der Waals surface area contributed by atoms with Gasteiger partial charge in [-0.3, -0.25) is 4.79 Å². The highest BCUT2D eigenvalue weighted by molar-refractivity contribution is 7.89. The van der Waals surface area contributed by atoms with Gasteiger partial charge in [-0.1, -0.05) is 23.7 Å². The second kappa shape index (κ2) is 9.02. The maximum absolute atomic E-state index is 13.1. The number of nitrogens with one attached hydrogen (secondary N) is 1. The van der Waals surface area contributed by atoms with Crippen molar-refractivity contribution in [2.24, 2.45) is 5.92 Å². The second-order valence-corrected chi connectivity index (χ2v) is 9.03. The van der Waals surface area contributed by atoms with E-state index in [1.54, 1.807) is 30.3 Å². The van der Waals surface area contributed by atoms with Crippen LogP contribution < -0.4 is 14.8 Å². The molecule has 1 aliphatic rings. The minimum absolute atomic E-state index is 0.0994. The minimum atomic E-state index is -3.78. The van der Waals surface area contributed by atoms with Gasteiger partial charge in [0.25, 0.3) is 0 Å². The molecule has 1 amide bonds. The van der Waals surface area contributed by atoms with Crippen LogP contribution in [0.4, 0.5) is 5.69 Å². The Balaban J connectivity index is 1.77. The van der Waals surface area contributed by atoms with Crippen molar-refractivity contribution in [2.45, 2.75) is 17.7 Å². The number of sulfonamides is 1. The molecule has 0 aromatic heterocycles. The number of para-hydroxylation sites is 1. The van der Waals surface area contributed by atoms with Crippen molar-refractivity contribution in [3.8, 4) is 11.5 Å². The van der Waals surface area contributed by atoms with Crippen molar-refractivity contribution < 1.29 is 22.7 Å². The molecule has 7 nitrogen and oxygen atoms in total. The number of carbonyl (C=O) groups excluding carboxylic acids is 1. The number of nitrogens with zero attached hydrogens (tertiary/aromatic N) is 1. The van der Waals surface area contributed by atoms with Crippen LogP contribution in [0.2, 0.25) is 5.02 Å². The van der Waals surface area contributed by atoms with Crippen LogP contribution in [0.25, 0.3) is 0 Å². The molecule has 29 heavy (non-hydrogen) atoms. The van der Waals surface area contributed by atoms with E-state index in [1.165, 1.54) is 30.7 Å². The first kappa shape index (κ1) is 21.4. The molecule has 1 saturated heterocycles. The lowest BCUT2D eigenvalue weighted by Gasteiger charge is -2.31. The smallest absolute Gasteiger partial charge is 0.243 e. The standard InChI is InChI=1S/C20H23ClN2O5S/c1-27-18-10-9-15(12-19(18)28-2)29(25,26)23-11-5-6-14(13-23)20(24)22-17-8-4-3-7-16(17)21/h3-4,7-10,12,14H,5-6,11,13H2,1-2H3,(H,22,24)/t14-/m0/s1. The maximum atomic E-state index is 13.1. The Hall–Kier alpha value is -2.29.